The lowest BCUT2D eigenvalue weighted by atomic mass is 10.00. The third-order valence-electron chi connectivity index (χ3n) is 3.17. The monoisotopic (exact) mass is 243 g/mol. The molecule has 0 aliphatic heterocycles. The standard InChI is InChI=1S/C16H21NO/c1-11-7-12(2)9-14(8-11)10-15(17-4)16-6-5-13(3)18-16/h5-9,15,17H,10H2,1-4H3. The van der Waals surface area contributed by atoms with Crippen LogP contribution in [-0.4, -0.2) is 7.05 Å². The van der Waals surface area contributed by atoms with Gasteiger partial charge in [0.05, 0.1) is 6.04 Å². The van der Waals surface area contributed by atoms with Crippen LogP contribution in [0.4, 0.5) is 0 Å². The molecule has 0 radical (unpaired) electrons. The van der Waals surface area contributed by atoms with Gasteiger partial charge in [-0.3, -0.25) is 0 Å². The second kappa shape index (κ2) is 5.40. The molecule has 0 spiro atoms. The molecule has 0 aliphatic rings. The number of benzene rings is 1. The van der Waals surface area contributed by atoms with Gasteiger partial charge in [0.25, 0.3) is 0 Å². The van der Waals surface area contributed by atoms with Gasteiger partial charge < -0.3 is 9.73 Å². The van der Waals surface area contributed by atoms with Crippen LogP contribution in [0.15, 0.2) is 34.7 Å². The number of rotatable bonds is 4. The Morgan fingerprint density at radius 2 is 1.72 bits per heavy atom. The summed E-state index contributed by atoms with van der Waals surface area (Å²) in [4.78, 5) is 0. The third kappa shape index (κ3) is 3.02. The van der Waals surface area contributed by atoms with Gasteiger partial charge in [-0.25, -0.2) is 0 Å². The third-order valence-corrected chi connectivity index (χ3v) is 3.17. The molecule has 18 heavy (non-hydrogen) atoms. The van der Waals surface area contributed by atoms with Crippen LogP contribution in [0.2, 0.25) is 0 Å². The summed E-state index contributed by atoms with van der Waals surface area (Å²) in [6.07, 6.45) is 0.950. The van der Waals surface area contributed by atoms with Crippen LogP contribution in [0, 0.1) is 20.8 Å². The summed E-state index contributed by atoms with van der Waals surface area (Å²) in [5.74, 6) is 1.97. The van der Waals surface area contributed by atoms with Crippen molar-refractivity contribution in [3.63, 3.8) is 0 Å². The van der Waals surface area contributed by atoms with Crippen LogP contribution in [0.5, 0.6) is 0 Å². The summed E-state index contributed by atoms with van der Waals surface area (Å²) >= 11 is 0. The van der Waals surface area contributed by atoms with Gasteiger partial charge in [0, 0.05) is 0 Å². The lowest BCUT2D eigenvalue weighted by Gasteiger charge is -2.14. The summed E-state index contributed by atoms with van der Waals surface area (Å²) in [6.45, 7) is 6.26. The van der Waals surface area contributed by atoms with Crippen molar-refractivity contribution in [3.8, 4) is 0 Å². The second-order valence-electron chi connectivity index (χ2n) is 4.99. The first-order chi connectivity index (χ1) is 8.58. The fourth-order valence-corrected chi connectivity index (χ4v) is 2.41. The lowest BCUT2D eigenvalue weighted by Crippen LogP contribution is -2.18. The van der Waals surface area contributed by atoms with E-state index in [1.807, 2.05) is 20.0 Å². The van der Waals surface area contributed by atoms with Gasteiger partial charge in [-0.05, 0) is 51.9 Å². The van der Waals surface area contributed by atoms with Crippen LogP contribution >= 0.6 is 0 Å². The van der Waals surface area contributed by atoms with Crippen molar-refractivity contribution in [2.45, 2.75) is 33.2 Å². The molecule has 1 atom stereocenters. The van der Waals surface area contributed by atoms with E-state index < -0.39 is 0 Å². The van der Waals surface area contributed by atoms with Crippen LogP contribution in [-0.2, 0) is 6.42 Å². The Balaban J connectivity index is 2.20. The molecule has 1 unspecified atom stereocenters. The van der Waals surface area contributed by atoms with Gasteiger partial charge in [-0.1, -0.05) is 29.3 Å². The quantitative estimate of drug-likeness (QED) is 0.885. The molecule has 2 rings (SSSR count). The Bertz CT molecular complexity index is 507. The molecule has 0 bridgehead atoms. The summed E-state index contributed by atoms with van der Waals surface area (Å²) in [5, 5.41) is 3.33. The fraction of sp³-hybridized carbons (Fsp3) is 0.375. The van der Waals surface area contributed by atoms with E-state index in [0.717, 1.165) is 17.9 Å². The predicted molar refractivity (Wildman–Crippen MR) is 74.9 cm³/mol. The first kappa shape index (κ1) is 12.9. The Kier molecular flexibility index (Phi) is 3.87. The van der Waals surface area contributed by atoms with E-state index in [1.54, 1.807) is 0 Å². The first-order valence-electron chi connectivity index (χ1n) is 6.39. The van der Waals surface area contributed by atoms with Crippen molar-refractivity contribution in [1.82, 2.24) is 5.32 Å². The van der Waals surface area contributed by atoms with E-state index >= 15 is 0 Å². The van der Waals surface area contributed by atoms with Gasteiger partial charge in [-0.2, -0.15) is 0 Å². The minimum Gasteiger partial charge on any atom is -0.465 e. The summed E-state index contributed by atoms with van der Waals surface area (Å²) in [5.41, 5.74) is 3.98. The number of hydrogen-bond acceptors (Lipinski definition) is 2. The lowest BCUT2D eigenvalue weighted by molar-refractivity contribution is 0.414. The molecule has 0 saturated carbocycles. The number of aryl methyl sites for hydroxylation is 3. The molecule has 0 aliphatic carbocycles. The molecule has 0 fully saturated rings. The van der Waals surface area contributed by atoms with Gasteiger partial charge >= 0.3 is 0 Å². The topological polar surface area (TPSA) is 25.2 Å². The molecule has 1 aromatic carbocycles. The van der Waals surface area contributed by atoms with Gasteiger partial charge in [0.2, 0.25) is 0 Å². The zero-order valence-electron chi connectivity index (χ0n) is 11.6. The Morgan fingerprint density at radius 3 is 2.22 bits per heavy atom. The predicted octanol–water partition coefficient (Wildman–Crippen LogP) is 3.71. The number of hydrogen-bond donors (Lipinski definition) is 1. The summed E-state index contributed by atoms with van der Waals surface area (Å²) < 4.78 is 5.71. The van der Waals surface area contributed by atoms with Crippen molar-refractivity contribution in [1.29, 1.82) is 0 Å². The molecule has 0 saturated heterocycles. The highest BCUT2D eigenvalue weighted by atomic mass is 16.3. The second-order valence-corrected chi connectivity index (χ2v) is 4.99. The van der Waals surface area contributed by atoms with E-state index in [9.17, 15) is 0 Å². The minimum absolute atomic E-state index is 0.236. The Labute approximate surface area is 109 Å². The molecular weight excluding hydrogens is 222 g/mol. The van der Waals surface area contributed by atoms with E-state index in [-0.39, 0.29) is 6.04 Å². The van der Waals surface area contributed by atoms with Gasteiger partial charge in [0.1, 0.15) is 11.5 Å². The van der Waals surface area contributed by atoms with Gasteiger partial charge in [0.15, 0.2) is 0 Å². The van der Waals surface area contributed by atoms with Crippen LogP contribution < -0.4 is 5.32 Å². The number of furan rings is 1. The maximum Gasteiger partial charge on any atom is 0.121 e. The van der Waals surface area contributed by atoms with Crippen molar-refractivity contribution < 1.29 is 4.42 Å². The normalized spacial score (nSPS) is 12.7. The smallest absolute Gasteiger partial charge is 0.121 e. The molecule has 1 N–H and O–H groups in total. The van der Waals surface area contributed by atoms with Crippen molar-refractivity contribution in [2.24, 2.45) is 0 Å². The minimum atomic E-state index is 0.236. The van der Waals surface area contributed by atoms with Crippen LogP contribution in [0.1, 0.15) is 34.3 Å². The van der Waals surface area contributed by atoms with E-state index in [4.69, 9.17) is 4.42 Å². The molecule has 96 valence electrons. The highest BCUT2D eigenvalue weighted by Gasteiger charge is 2.14. The molecule has 2 heteroatoms. The molecule has 1 aromatic heterocycles. The van der Waals surface area contributed by atoms with Crippen molar-refractivity contribution >= 4 is 0 Å². The largest absolute Gasteiger partial charge is 0.465 e. The maximum atomic E-state index is 5.71. The number of likely N-dealkylation sites (N-methyl/N-ethyl adjacent to an activating group) is 1. The zero-order valence-corrected chi connectivity index (χ0v) is 11.6. The fourth-order valence-electron chi connectivity index (χ4n) is 2.41. The zero-order chi connectivity index (χ0) is 13.1. The average Bonchev–Trinajstić information content (AvgIpc) is 2.71. The first-order valence-corrected chi connectivity index (χ1v) is 6.39. The SMILES string of the molecule is CNC(Cc1cc(C)cc(C)c1)c1ccc(C)o1. The highest BCUT2D eigenvalue weighted by Crippen LogP contribution is 2.21. The van der Waals surface area contributed by atoms with Crippen molar-refractivity contribution in [3.05, 3.63) is 58.5 Å². The average molecular weight is 243 g/mol. The summed E-state index contributed by atoms with van der Waals surface area (Å²) in [7, 11) is 1.98. The molecule has 1 heterocycles. The Hall–Kier alpha value is -1.54. The Morgan fingerprint density at radius 1 is 1.06 bits per heavy atom. The van der Waals surface area contributed by atoms with Crippen LogP contribution in [0.25, 0.3) is 0 Å². The van der Waals surface area contributed by atoms with E-state index in [0.29, 0.717) is 0 Å². The molecule has 2 aromatic rings. The molecular formula is C16H21NO. The van der Waals surface area contributed by atoms with E-state index in [2.05, 4.69) is 43.4 Å². The highest BCUT2D eigenvalue weighted by molar-refractivity contribution is 5.29. The number of nitrogens with one attached hydrogen (secondary N) is 1. The van der Waals surface area contributed by atoms with Crippen molar-refractivity contribution in [2.75, 3.05) is 7.05 Å². The van der Waals surface area contributed by atoms with Gasteiger partial charge in [-0.15, -0.1) is 0 Å². The molecule has 0 amide bonds. The van der Waals surface area contributed by atoms with Crippen LogP contribution in [0.3, 0.4) is 0 Å². The van der Waals surface area contributed by atoms with E-state index in [1.165, 1.54) is 16.7 Å². The maximum absolute atomic E-state index is 5.71. The summed E-state index contributed by atoms with van der Waals surface area (Å²) in [6, 6.07) is 11.0. The molecule has 2 nitrogen and oxygen atoms in total.